The number of para-hydroxylation sites is 2. The van der Waals surface area contributed by atoms with Gasteiger partial charge >= 0.3 is 12.0 Å². The van der Waals surface area contributed by atoms with Crippen molar-refractivity contribution in [1.29, 1.82) is 0 Å². The lowest BCUT2D eigenvalue weighted by Gasteiger charge is -2.04. The summed E-state index contributed by atoms with van der Waals surface area (Å²) < 4.78 is 18.8. The Balaban J connectivity index is 0.000000133. The van der Waals surface area contributed by atoms with Crippen molar-refractivity contribution in [3.8, 4) is 0 Å². The number of hydrogen-bond acceptors (Lipinski definition) is 6. The maximum atomic E-state index is 10.6. The summed E-state index contributed by atoms with van der Waals surface area (Å²) in [4.78, 5) is 21.0. The molecular weight excluding hydrogens is 288 g/mol. The normalized spacial score (nSPS) is 16.5. The molecule has 6 nitrogen and oxygen atoms in total. The van der Waals surface area contributed by atoms with Gasteiger partial charge < -0.3 is 18.3 Å². The number of rotatable bonds is 1. The highest BCUT2D eigenvalue weighted by Crippen LogP contribution is 2.22. The van der Waals surface area contributed by atoms with Gasteiger partial charge in [-0.05, 0) is 17.7 Å². The molecule has 0 N–H and O–H groups in total. The van der Waals surface area contributed by atoms with Crippen molar-refractivity contribution < 1.29 is 23.1 Å². The highest BCUT2D eigenvalue weighted by molar-refractivity contribution is 5.68. The molecule has 1 atom stereocenters. The predicted molar refractivity (Wildman–Crippen MR) is 76.4 cm³/mol. The lowest BCUT2D eigenvalue weighted by molar-refractivity contribution is 0.118. The van der Waals surface area contributed by atoms with Crippen LogP contribution in [0.5, 0.6) is 0 Å². The van der Waals surface area contributed by atoms with Gasteiger partial charge in [-0.3, -0.25) is 0 Å². The summed E-state index contributed by atoms with van der Waals surface area (Å²) in [6.07, 6.45) is -0.803. The first kappa shape index (κ1) is 13.9. The average molecular weight is 300 g/mol. The number of fused-ring (bicyclic) bond motifs is 1. The van der Waals surface area contributed by atoms with Gasteiger partial charge in [-0.1, -0.05) is 42.5 Å². The van der Waals surface area contributed by atoms with E-state index in [1.54, 1.807) is 24.3 Å². The second-order valence-corrected chi connectivity index (χ2v) is 4.48. The summed E-state index contributed by atoms with van der Waals surface area (Å²) in [6.45, 7) is 0.322. The molecule has 0 radical (unpaired) electrons. The molecular formula is C16H12O6. The van der Waals surface area contributed by atoms with Gasteiger partial charge in [0.2, 0.25) is 0 Å². The highest BCUT2D eigenvalue weighted by Gasteiger charge is 2.25. The number of hydrogen-bond donors (Lipinski definition) is 0. The van der Waals surface area contributed by atoms with Gasteiger partial charge in [-0.15, -0.1) is 0 Å². The molecule has 0 amide bonds. The van der Waals surface area contributed by atoms with Crippen LogP contribution in [0, 0.1) is 0 Å². The van der Waals surface area contributed by atoms with Crippen molar-refractivity contribution in [1.82, 2.24) is 0 Å². The van der Waals surface area contributed by atoms with E-state index in [1.807, 2.05) is 30.3 Å². The highest BCUT2D eigenvalue weighted by atomic mass is 16.8. The predicted octanol–water partition coefficient (Wildman–Crippen LogP) is 3.28. The summed E-state index contributed by atoms with van der Waals surface area (Å²) in [5, 5.41) is 0. The van der Waals surface area contributed by atoms with E-state index in [-0.39, 0.29) is 6.10 Å². The Morgan fingerprint density at radius 3 is 1.95 bits per heavy atom. The van der Waals surface area contributed by atoms with Crippen molar-refractivity contribution in [3.05, 3.63) is 70.8 Å². The number of ether oxygens (including phenoxy) is 2. The minimum absolute atomic E-state index is 0.223. The fraction of sp³-hybridized carbons (Fsp3) is 0.125. The van der Waals surface area contributed by atoms with Crippen LogP contribution in [-0.4, -0.2) is 12.8 Å². The molecule has 1 saturated heterocycles. The third-order valence-electron chi connectivity index (χ3n) is 3.00. The lowest BCUT2D eigenvalue weighted by Crippen LogP contribution is -1.99. The molecule has 112 valence electrons. The van der Waals surface area contributed by atoms with Gasteiger partial charge in [0.15, 0.2) is 17.3 Å². The van der Waals surface area contributed by atoms with E-state index in [9.17, 15) is 9.59 Å². The first-order chi connectivity index (χ1) is 10.7. The molecule has 2 aromatic carbocycles. The average Bonchev–Trinajstić information content (AvgIpc) is 3.13. The van der Waals surface area contributed by atoms with E-state index in [4.69, 9.17) is 4.74 Å². The van der Waals surface area contributed by atoms with E-state index in [2.05, 4.69) is 13.6 Å². The van der Waals surface area contributed by atoms with E-state index in [1.165, 1.54) is 0 Å². The van der Waals surface area contributed by atoms with E-state index in [0.29, 0.717) is 17.8 Å². The minimum atomic E-state index is -0.652. The maximum Gasteiger partial charge on any atom is 0.519 e. The van der Waals surface area contributed by atoms with E-state index < -0.39 is 12.0 Å². The van der Waals surface area contributed by atoms with Crippen molar-refractivity contribution >= 4 is 17.3 Å². The maximum absolute atomic E-state index is 10.6. The molecule has 1 fully saturated rings. The van der Waals surface area contributed by atoms with Crippen molar-refractivity contribution in [2.45, 2.75) is 6.10 Å². The first-order valence-electron chi connectivity index (χ1n) is 6.59. The SMILES string of the molecule is O=C1OCC(c2ccccc2)O1.O=c1oc2ccccc2o1. The van der Waals surface area contributed by atoms with Gasteiger partial charge in [-0.2, -0.15) is 0 Å². The number of cyclic esters (lactones) is 2. The standard InChI is InChI=1S/C9H8O3.C7H4O3/c10-9-11-6-8(12-9)7-4-2-1-3-5-7;8-7-9-5-3-1-2-4-6(5)10-7/h1-5,8H,6H2;1-4H. The van der Waals surface area contributed by atoms with E-state index >= 15 is 0 Å². The van der Waals surface area contributed by atoms with Crippen LogP contribution >= 0.6 is 0 Å². The molecule has 2 heterocycles. The van der Waals surface area contributed by atoms with Crippen LogP contribution in [0.3, 0.4) is 0 Å². The van der Waals surface area contributed by atoms with Gasteiger partial charge in [0.1, 0.15) is 6.61 Å². The summed E-state index contributed by atoms with van der Waals surface area (Å²) >= 11 is 0. The van der Waals surface area contributed by atoms with E-state index in [0.717, 1.165) is 5.56 Å². The molecule has 0 aliphatic carbocycles. The Bertz CT molecular complexity index is 781. The minimum Gasteiger partial charge on any atom is -0.430 e. The summed E-state index contributed by atoms with van der Waals surface area (Å²) in [6, 6.07) is 16.5. The number of carbonyl (C=O) groups excluding carboxylic acids is 1. The van der Waals surface area contributed by atoms with Crippen molar-refractivity contribution in [3.63, 3.8) is 0 Å². The third kappa shape index (κ3) is 3.17. The zero-order valence-electron chi connectivity index (χ0n) is 11.4. The molecule has 1 aromatic heterocycles. The molecule has 6 heteroatoms. The zero-order valence-corrected chi connectivity index (χ0v) is 11.4. The molecule has 3 aromatic rings. The molecule has 0 spiro atoms. The third-order valence-corrected chi connectivity index (χ3v) is 3.00. The Morgan fingerprint density at radius 1 is 0.818 bits per heavy atom. The second-order valence-electron chi connectivity index (χ2n) is 4.48. The van der Waals surface area contributed by atoms with Crippen molar-refractivity contribution in [2.24, 2.45) is 0 Å². The van der Waals surface area contributed by atoms with Gasteiger partial charge in [0, 0.05) is 0 Å². The quantitative estimate of drug-likeness (QED) is 0.642. The zero-order chi connectivity index (χ0) is 15.4. The Kier molecular flexibility index (Phi) is 3.91. The molecule has 1 aliphatic rings. The Hall–Kier alpha value is -3.02. The van der Waals surface area contributed by atoms with Crippen LogP contribution in [0.1, 0.15) is 11.7 Å². The van der Waals surface area contributed by atoms with Crippen LogP contribution in [0.25, 0.3) is 11.2 Å². The lowest BCUT2D eigenvalue weighted by atomic mass is 10.1. The van der Waals surface area contributed by atoms with Crippen LogP contribution in [0.4, 0.5) is 4.79 Å². The monoisotopic (exact) mass is 300 g/mol. The molecule has 0 bridgehead atoms. The largest absolute Gasteiger partial charge is 0.519 e. The Morgan fingerprint density at radius 2 is 1.41 bits per heavy atom. The topological polar surface area (TPSA) is 78.9 Å². The number of benzene rings is 2. The fourth-order valence-electron chi connectivity index (χ4n) is 1.98. The Labute approximate surface area is 124 Å². The van der Waals surface area contributed by atoms with Crippen LogP contribution in [0.15, 0.2) is 68.2 Å². The molecule has 22 heavy (non-hydrogen) atoms. The number of carbonyl (C=O) groups is 1. The molecule has 1 unspecified atom stereocenters. The summed E-state index contributed by atoms with van der Waals surface area (Å²) in [5.74, 6) is -0.652. The molecule has 1 aliphatic heterocycles. The smallest absolute Gasteiger partial charge is 0.430 e. The second kappa shape index (κ2) is 6.17. The summed E-state index contributed by atoms with van der Waals surface area (Å²) in [5.41, 5.74) is 1.96. The molecule has 0 saturated carbocycles. The van der Waals surface area contributed by atoms with Crippen LogP contribution in [-0.2, 0) is 9.47 Å². The molecule has 4 rings (SSSR count). The fourth-order valence-corrected chi connectivity index (χ4v) is 1.98. The van der Waals surface area contributed by atoms with Gasteiger partial charge in [0.05, 0.1) is 0 Å². The van der Waals surface area contributed by atoms with Crippen LogP contribution in [0.2, 0.25) is 0 Å². The van der Waals surface area contributed by atoms with Gasteiger partial charge in [-0.25, -0.2) is 9.59 Å². The van der Waals surface area contributed by atoms with Crippen LogP contribution < -0.4 is 5.82 Å². The summed E-state index contributed by atoms with van der Waals surface area (Å²) in [7, 11) is 0. The van der Waals surface area contributed by atoms with Crippen molar-refractivity contribution in [2.75, 3.05) is 6.61 Å². The van der Waals surface area contributed by atoms with Gasteiger partial charge in [0.25, 0.3) is 0 Å². The first-order valence-corrected chi connectivity index (χ1v) is 6.59.